The Morgan fingerprint density at radius 2 is 1.88 bits per heavy atom. The Labute approximate surface area is 151 Å². The molecule has 2 amide bonds. The fourth-order valence-electron chi connectivity index (χ4n) is 2.92. The first-order valence-corrected chi connectivity index (χ1v) is 9.15. The third-order valence-corrected chi connectivity index (χ3v) is 4.19. The van der Waals surface area contributed by atoms with Crippen LogP contribution in [0.25, 0.3) is 0 Å². The van der Waals surface area contributed by atoms with Gasteiger partial charge in [-0.15, -0.1) is 0 Å². The van der Waals surface area contributed by atoms with Crippen LogP contribution in [0, 0.1) is 0 Å². The maximum atomic E-state index is 12.3. The number of nitrogens with zero attached hydrogens (tertiary/aromatic N) is 3. The minimum atomic E-state index is 0.0464. The molecule has 25 heavy (non-hydrogen) atoms. The monoisotopic (exact) mass is 348 g/mol. The molecule has 1 saturated heterocycles. The van der Waals surface area contributed by atoms with Crippen molar-refractivity contribution in [3.8, 4) is 5.75 Å². The van der Waals surface area contributed by atoms with Crippen molar-refractivity contribution in [1.82, 2.24) is 15.1 Å². The van der Waals surface area contributed by atoms with Gasteiger partial charge in [-0.1, -0.05) is 12.1 Å². The van der Waals surface area contributed by atoms with Gasteiger partial charge in [0.2, 0.25) is 0 Å². The molecule has 1 aromatic carbocycles. The predicted molar refractivity (Wildman–Crippen MR) is 103 cm³/mol. The molecule has 6 nitrogen and oxygen atoms in total. The Kier molecular flexibility index (Phi) is 7.37. The first-order valence-electron chi connectivity index (χ1n) is 9.15. The summed E-state index contributed by atoms with van der Waals surface area (Å²) in [4.78, 5) is 18.6. The maximum Gasteiger partial charge on any atom is 0.317 e. The Hall–Kier alpha value is -1.95. The van der Waals surface area contributed by atoms with Crippen LogP contribution < -0.4 is 15.0 Å². The molecule has 0 saturated carbocycles. The maximum absolute atomic E-state index is 12.3. The molecule has 1 aliphatic rings. The van der Waals surface area contributed by atoms with E-state index in [0.29, 0.717) is 0 Å². The number of hydrogen-bond donors (Lipinski definition) is 1. The van der Waals surface area contributed by atoms with Crippen molar-refractivity contribution in [3.05, 3.63) is 24.3 Å². The molecule has 0 atom stereocenters. The van der Waals surface area contributed by atoms with Crippen molar-refractivity contribution in [1.29, 1.82) is 0 Å². The van der Waals surface area contributed by atoms with Gasteiger partial charge in [-0.3, -0.25) is 0 Å². The number of ether oxygens (including phenoxy) is 1. The van der Waals surface area contributed by atoms with Crippen molar-refractivity contribution in [2.75, 3.05) is 58.3 Å². The molecule has 0 bridgehead atoms. The van der Waals surface area contributed by atoms with E-state index >= 15 is 0 Å². The molecule has 1 heterocycles. The second kappa shape index (κ2) is 9.51. The zero-order valence-corrected chi connectivity index (χ0v) is 16.0. The van der Waals surface area contributed by atoms with E-state index in [2.05, 4.69) is 21.2 Å². The minimum Gasteiger partial charge on any atom is -0.489 e. The summed E-state index contributed by atoms with van der Waals surface area (Å²) in [7, 11) is 4.09. The van der Waals surface area contributed by atoms with Gasteiger partial charge in [0.1, 0.15) is 5.75 Å². The van der Waals surface area contributed by atoms with Crippen LogP contribution in [0.4, 0.5) is 10.5 Å². The number of carbonyl (C=O) groups excluding carboxylic acids is 1. The predicted octanol–water partition coefficient (Wildman–Crippen LogP) is 2.26. The molecule has 0 radical (unpaired) electrons. The highest BCUT2D eigenvalue weighted by Crippen LogP contribution is 2.29. The molecule has 1 fully saturated rings. The van der Waals surface area contributed by atoms with Gasteiger partial charge in [0.15, 0.2) is 0 Å². The number of para-hydroxylation sites is 2. The topological polar surface area (TPSA) is 48.1 Å². The molecule has 0 unspecified atom stereocenters. The Morgan fingerprint density at radius 1 is 1.20 bits per heavy atom. The largest absolute Gasteiger partial charge is 0.489 e. The van der Waals surface area contributed by atoms with Crippen LogP contribution in [0.1, 0.15) is 20.3 Å². The summed E-state index contributed by atoms with van der Waals surface area (Å²) in [6.07, 6.45) is 1.12. The van der Waals surface area contributed by atoms with E-state index in [4.69, 9.17) is 4.74 Å². The van der Waals surface area contributed by atoms with Crippen molar-refractivity contribution >= 4 is 11.7 Å². The summed E-state index contributed by atoms with van der Waals surface area (Å²) in [6.45, 7) is 8.89. The van der Waals surface area contributed by atoms with E-state index in [-0.39, 0.29) is 12.1 Å². The highest BCUT2D eigenvalue weighted by Gasteiger charge is 2.22. The number of hydrogen-bond acceptors (Lipinski definition) is 4. The fraction of sp³-hybridized carbons (Fsp3) is 0.632. The zero-order chi connectivity index (χ0) is 18.2. The number of nitrogens with one attached hydrogen (secondary N) is 1. The number of anilines is 1. The molecule has 0 aliphatic carbocycles. The summed E-state index contributed by atoms with van der Waals surface area (Å²) < 4.78 is 5.92. The third kappa shape index (κ3) is 6.12. The van der Waals surface area contributed by atoms with Gasteiger partial charge in [0, 0.05) is 32.7 Å². The number of amides is 2. The van der Waals surface area contributed by atoms with E-state index in [9.17, 15) is 4.79 Å². The summed E-state index contributed by atoms with van der Waals surface area (Å²) in [6, 6.07) is 8.18. The van der Waals surface area contributed by atoms with Gasteiger partial charge in [-0.25, -0.2) is 4.79 Å². The van der Waals surface area contributed by atoms with Crippen LogP contribution in [0.3, 0.4) is 0 Å². The van der Waals surface area contributed by atoms with E-state index in [1.807, 2.05) is 51.0 Å². The number of piperazine rings is 1. The molecule has 2 rings (SSSR count). The van der Waals surface area contributed by atoms with E-state index in [0.717, 1.165) is 57.1 Å². The van der Waals surface area contributed by atoms with Gasteiger partial charge in [0.05, 0.1) is 11.8 Å². The second-order valence-electron chi connectivity index (χ2n) is 7.00. The first kappa shape index (κ1) is 19.4. The van der Waals surface area contributed by atoms with Gasteiger partial charge >= 0.3 is 6.03 Å². The van der Waals surface area contributed by atoms with E-state index < -0.39 is 0 Å². The molecule has 140 valence electrons. The lowest BCUT2D eigenvalue weighted by Crippen LogP contribution is -2.52. The standard InChI is InChI=1S/C19H32N4O2/c1-16(2)25-18-9-6-5-8-17(18)22-12-14-23(15-13-22)19(24)20-10-7-11-21(3)4/h5-6,8-9,16H,7,10-15H2,1-4H3,(H,20,24). The normalized spacial score (nSPS) is 15.0. The van der Waals surface area contributed by atoms with Crippen LogP contribution in [0.2, 0.25) is 0 Å². The average Bonchev–Trinajstić information content (AvgIpc) is 2.58. The Bertz CT molecular complexity index is 540. The summed E-state index contributed by atoms with van der Waals surface area (Å²) in [5.74, 6) is 0.916. The van der Waals surface area contributed by atoms with Crippen LogP contribution >= 0.6 is 0 Å². The first-order chi connectivity index (χ1) is 12.0. The zero-order valence-electron chi connectivity index (χ0n) is 16.0. The molecule has 1 N–H and O–H groups in total. The molecular formula is C19H32N4O2. The summed E-state index contributed by atoms with van der Waals surface area (Å²) >= 11 is 0. The lowest BCUT2D eigenvalue weighted by molar-refractivity contribution is 0.193. The van der Waals surface area contributed by atoms with Crippen molar-refractivity contribution < 1.29 is 9.53 Å². The molecule has 1 aromatic rings. The molecule has 1 aliphatic heterocycles. The van der Waals surface area contributed by atoms with Crippen molar-refractivity contribution in [2.24, 2.45) is 0 Å². The summed E-state index contributed by atoms with van der Waals surface area (Å²) in [5, 5.41) is 3.02. The van der Waals surface area contributed by atoms with Crippen LogP contribution in [-0.2, 0) is 0 Å². The minimum absolute atomic E-state index is 0.0464. The molecule has 6 heteroatoms. The van der Waals surface area contributed by atoms with Gasteiger partial charge in [-0.2, -0.15) is 0 Å². The SMILES string of the molecule is CC(C)Oc1ccccc1N1CCN(C(=O)NCCCN(C)C)CC1. The molecular weight excluding hydrogens is 316 g/mol. The highest BCUT2D eigenvalue weighted by molar-refractivity contribution is 5.74. The Balaban J connectivity index is 1.82. The Morgan fingerprint density at radius 3 is 2.52 bits per heavy atom. The number of rotatable bonds is 7. The van der Waals surface area contributed by atoms with Gasteiger partial charge in [-0.05, 0) is 53.0 Å². The second-order valence-corrected chi connectivity index (χ2v) is 7.00. The van der Waals surface area contributed by atoms with Crippen LogP contribution in [0.15, 0.2) is 24.3 Å². The fourth-order valence-corrected chi connectivity index (χ4v) is 2.92. The quantitative estimate of drug-likeness (QED) is 0.768. The molecule has 0 spiro atoms. The summed E-state index contributed by atoms with van der Waals surface area (Å²) in [5.41, 5.74) is 1.11. The van der Waals surface area contributed by atoms with Crippen molar-refractivity contribution in [2.45, 2.75) is 26.4 Å². The third-order valence-electron chi connectivity index (χ3n) is 4.19. The van der Waals surface area contributed by atoms with Crippen molar-refractivity contribution in [3.63, 3.8) is 0 Å². The lowest BCUT2D eigenvalue weighted by Gasteiger charge is -2.36. The number of urea groups is 1. The average molecular weight is 348 g/mol. The smallest absolute Gasteiger partial charge is 0.317 e. The van der Waals surface area contributed by atoms with E-state index in [1.165, 1.54) is 0 Å². The van der Waals surface area contributed by atoms with Gasteiger partial charge in [0.25, 0.3) is 0 Å². The highest BCUT2D eigenvalue weighted by atomic mass is 16.5. The number of carbonyl (C=O) groups is 1. The van der Waals surface area contributed by atoms with Crippen LogP contribution in [0.5, 0.6) is 5.75 Å². The van der Waals surface area contributed by atoms with Crippen LogP contribution in [-0.4, -0.2) is 75.3 Å². The lowest BCUT2D eigenvalue weighted by atomic mass is 10.2. The van der Waals surface area contributed by atoms with Gasteiger partial charge < -0.3 is 24.8 Å². The molecule has 0 aromatic heterocycles. The van der Waals surface area contributed by atoms with E-state index in [1.54, 1.807) is 0 Å². The number of benzene rings is 1.